The lowest BCUT2D eigenvalue weighted by Gasteiger charge is -2.19. The number of amides is 1. The Morgan fingerprint density at radius 1 is 1.33 bits per heavy atom. The summed E-state index contributed by atoms with van der Waals surface area (Å²) in [4.78, 5) is 23.5. The maximum absolute atomic E-state index is 11.6. The van der Waals surface area contributed by atoms with Gasteiger partial charge in [0.05, 0.1) is 0 Å². The maximum atomic E-state index is 11.6. The summed E-state index contributed by atoms with van der Waals surface area (Å²) >= 11 is 0. The van der Waals surface area contributed by atoms with Gasteiger partial charge in [0.2, 0.25) is 5.91 Å². The van der Waals surface area contributed by atoms with Gasteiger partial charge in [-0.1, -0.05) is 13.8 Å². The van der Waals surface area contributed by atoms with Crippen LogP contribution in [0.4, 0.5) is 0 Å². The van der Waals surface area contributed by atoms with Crippen molar-refractivity contribution in [2.45, 2.75) is 26.7 Å². The number of carbonyl (C=O) groups excluding carboxylic acids is 1. The largest absolute Gasteiger partial charge is 0.480 e. The minimum atomic E-state index is -0.958. The number of nitrogens with zero attached hydrogens (tertiary/aromatic N) is 1. The van der Waals surface area contributed by atoms with Gasteiger partial charge in [-0.15, -0.1) is 0 Å². The summed E-state index contributed by atoms with van der Waals surface area (Å²) in [6.07, 6.45) is 1.14. The van der Waals surface area contributed by atoms with E-state index in [1.54, 1.807) is 0 Å². The van der Waals surface area contributed by atoms with Crippen LogP contribution in [0, 0.1) is 0 Å². The van der Waals surface area contributed by atoms with E-state index < -0.39 is 5.97 Å². The number of hydrogen-bond donors (Lipinski definition) is 2. The molecule has 15 heavy (non-hydrogen) atoms. The van der Waals surface area contributed by atoms with Crippen molar-refractivity contribution in [1.29, 1.82) is 0 Å². The van der Waals surface area contributed by atoms with Crippen molar-refractivity contribution in [3.63, 3.8) is 0 Å². The van der Waals surface area contributed by atoms with E-state index in [0.29, 0.717) is 19.5 Å². The van der Waals surface area contributed by atoms with Crippen LogP contribution in [0.1, 0.15) is 26.7 Å². The third-order valence-electron chi connectivity index (χ3n) is 1.94. The van der Waals surface area contributed by atoms with E-state index in [0.717, 1.165) is 13.0 Å². The third kappa shape index (κ3) is 6.90. The molecule has 0 aliphatic carbocycles. The molecule has 0 saturated heterocycles. The van der Waals surface area contributed by atoms with Gasteiger partial charge in [-0.3, -0.25) is 9.59 Å². The molecule has 1 amide bonds. The highest BCUT2D eigenvalue weighted by molar-refractivity contribution is 5.81. The van der Waals surface area contributed by atoms with E-state index >= 15 is 0 Å². The van der Waals surface area contributed by atoms with Crippen molar-refractivity contribution in [2.24, 2.45) is 0 Å². The predicted octanol–water partition coefficient (Wildman–Crippen LogP) is 0.309. The van der Waals surface area contributed by atoms with Gasteiger partial charge in [0.15, 0.2) is 0 Å². The molecule has 0 aliphatic heterocycles. The zero-order chi connectivity index (χ0) is 11.7. The lowest BCUT2D eigenvalue weighted by molar-refractivity contribution is -0.144. The number of hydrogen-bond acceptors (Lipinski definition) is 3. The van der Waals surface area contributed by atoms with Gasteiger partial charge in [-0.05, 0) is 13.0 Å². The van der Waals surface area contributed by atoms with Crippen molar-refractivity contribution < 1.29 is 14.7 Å². The molecule has 0 aromatic carbocycles. The van der Waals surface area contributed by atoms with Gasteiger partial charge in [-0.2, -0.15) is 0 Å². The van der Waals surface area contributed by atoms with Crippen LogP contribution in [0.3, 0.4) is 0 Å². The Kier molecular flexibility index (Phi) is 7.62. The minimum Gasteiger partial charge on any atom is -0.480 e. The average molecular weight is 216 g/mol. The number of carboxylic acid groups (broad SMARTS) is 1. The minimum absolute atomic E-state index is 0.0970. The Balaban J connectivity index is 3.98. The van der Waals surface area contributed by atoms with Crippen LogP contribution in [0.5, 0.6) is 0 Å². The van der Waals surface area contributed by atoms with Crippen LogP contribution < -0.4 is 5.32 Å². The monoisotopic (exact) mass is 216 g/mol. The van der Waals surface area contributed by atoms with E-state index in [1.807, 2.05) is 13.8 Å². The molecule has 0 heterocycles. The van der Waals surface area contributed by atoms with Gasteiger partial charge >= 0.3 is 5.97 Å². The summed E-state index contributed by atoms with van der Waals surface area (Å²) in [5.41, 5.74) is 0. The van der Waals surface area contributed by atoms with E-state index in [2.05, 4.69) is 5.32 Å². The number of aliphatic carboxylic acids is 1. The molecular weight excluding hydrogens is 196 g/mol. The third-order valence-corrected chi connectivity index (χ3v) is 1.94. The first-order valence-corrected chi connectivity index (χ1v) is 5.32. The second-order valence-electron chi connectivity index (χ2n) is 3.31. The van der Waals surface area contributed by atoms with Crippen molar-refractivity contribution in [1.82, 2.24) is 10.2 Å². The molecule has 0 aromatic heterocycles. The van der Waals surface area contributed by atoms with Gasteiger partial charge in [0, 0.05) is 19.5 Å². The van der Waals surface area contributed by atoms with Crippen molar-refractivity contribution >= 4 is 11.9 Å². The second kappa shape index (κ2) is 8.23. The highest BCUT2D eigenvalue weighted by Gasteiger charge is 2.14. The van der Waals surface area contributed by atoms with Crippen LogP contribution in [0.2, 0.25) is 0 Å². The van der Waals surface area contributed by atoms with Crippen LogP contribution in [0.15, 0.2) is 0 Å². The fourth-order valence-corrected chi connectivity index (χ4v) is 1.26. The molecular formula is C10H20N2O3. The number of rotatable bonds is 8. The normalized spacial score (nSPS) is 10.0. The molecule has 0 aromatic rings. The Labute approximate surface area is 90.5 Å². The molecule has 5 heteroatoms. The summed E-state index contributed by atoms with van der Waals surface area (Å²) in [6.45, 7) is 5.63. The Morgan fingerprint density at radius 2 is 2.00 bits per heavy atom. The topological polar surface area (TPSA) is 69.6 Å². The van der Waals surface area contributed by atoms with Crippen LogP contribution in [-0.4, -0.2) is 48.1 Å². The summed E-state index contributed by atoms with van der Waals surface area (Å²) < 4.78 is 0. The highest BCUT2D eigenvalue weighted by atomic mass is 16.4. The molecule has 0 aliphatic rings. The molecule has 0 fully saturated rings. The van der Waals surface area contributed by atoms with E-state index in [9.17, 15) is 9.59 Å². The second-order valence-corrected chi connectivity index (χ2v) is 3.31. The van der Waals surface area contributed by atoms with Gasteiger partial charge < -0.3 is 15.3 Å². The molecule has 0 rings (SSSR count). The maximum Gasteiger partial charge on any atom is 0.323 e. The molecule has 0 atom stereocenters. The van der Waals surface area contributed by atoms with Gasteiger partial charge in [0.25, 0.3) is 0 Å². The van der Waals surface area contributed by atoms with Crippen molar-refractivity contribution in [3.05, 3.63) is 0 Å². The van der Waals surface area contributed by atoms with Crippen molar-refractivity contribution in [3.8, 4) is 0 Å². The summed E-state index contributed by atoms with van der Waals surface area (Å²) in [6, 6.07) is 0. The summed E-state index contributed by atoms with van der Waals surface area (Å²) in [5, 5.41) is 11.7. The SMILES string of the molecule is CCCN(CC(=O)O)C(=O)CCNCC. The van der Waals surface area contributed by atoms with Crippen LogP contribution >= 0.6 is 0 Å². The van der Waals surface area contributed by atoms with Crippen LogP contribution in [0.25, 0.3) is 0 Å². The van der Waals surface area contributed by atoms with Crippen LogP contribution in [-0.2, 0) is 9.59 Å². The molecule has 5 nitrogen and oxygen atoms in total. The summed E-state index contributed by atoms with van der Waals surface area (Å²) in [5.74, 6) is -1.06. The fraction of sp³-hybridized carbons (Fsp3) is 0.800. The van der Waals surface area contributed by atoms with Crippen molar-refractivity contribution in [2.75, 3.05) is 26.2 Å². The zero-order valence-electron chi connectivity index (χ0n) is 9.45. The van der Waals surface area contributed by atoms with Gasteiger partial charge in [-0.25, -0.2) is 0 Å². The number of nitrogens with one attached hydrogen (secondary N) is 1. The fourth-order valence-electron chi connectivity index (χ4n) is 1.26. The molecule has 0 saturated carbocycles. The Hall–Kier alpha value is -1.10. The predicted molar refractivity (Wildman–Crippen MR) is 57.7 cm³/mol. The first-order chi connectivity index (χ1) is 7.11. The lowest BCUT2D eigenvalue weighted by Crippen LogP contribution is -2.37. The van der Waals surface area contributed by atoms with E-state index in [4.69, 9.17) is 5.11 Å². The Bertz CT molecular complexity index is 207. The first-order valence-electron chi connectivity index (χ1n) is 5.32. The average Bonchev–Trinajstić information content (AvgIpc) is 2.17. The number of carboxylic acids is 1. The molecule has 2 N–H and O–H groups in total. The van der Waals surface area contributed by atoms with Gasteiger partial charge in [0.1, 0.15) is 6.54 Å². The molecule has 0 spiro atoms. The number of carbonyl (C=O) groups is 2. The smallest absolute Gasteiger partial charge is 0.323 e. The Morgan fingerprint density at radius 3 is 2.47 bits per heavy atom. The zero-order valence-corrected chi connectivity index (χ0v) is 9.45. The lowest BCUT2D eigenvalue weighted by atomic mass is 10.3. The molecule has 88 valence electrons. The molecule has 0 radical (unpaired) electrons. The van der Waals surface area contributed by atoms with E-state index in [-0.39, 0.29) is 12.5 Å². The highest BCUT2D eigenvalue weighted by Crippen LogP contribution is 1.96. The first kappa shape index (κ1) is 13.9. The quantitative estimate of drug-likeness (QED) is 0.573. The molecule has 0 bridgehead atoms. The molecule has 0 unspecified atom stereocenters. The standard InChI is InChI=1S/C10H20N2O3/c1-3-7-12(8-10(14)15)9(13)5-6-11-4-2/h11H,3-8H2,1-2H3,(H,14,15). The summed E-state index contributed by atoms with van der Waals surface area (Å²) in [7, 11) is 0. The van der Waals surface area contributed by atoms with E-state index in [1.165, 1.54) is 4.90 Å².